The van der Waals surface area contributed by atoms with E-state index < -0.39 is 5.91 Å². The first-order valence-corrected chi connectivity index (χ1v) is 8.34. The van der Waals surface area contributed by atoms with Gasteiger partial charge in [-0.05, 0) is 36.8 Å². The summed E-state index contributed by atoms with van der Waals surface area (Å²) < 4.78 is 18.5. The molecule has 1 heterocycles. The van der Waals surface area contributed by atoms with Crippen LogP contribution >= 0.6 is 11.6 Å². The van der Waals surface area contributed by atoms with Gasteiger partial charge in [-0.2, -0.15) is 0 Å². The number of hydrogen-bond donors (Lipinski definition) is 2. The Balaban J connectivity index is 1.73. The van der Waals surface area contributed by atoms with Crippen molar-refractivity contribution in [1.82, 2.24) is 9.97 Å². The summed E-state index contributed by atoms with van der Waals surface area (Å²) in [4.78, 5) is 20.6. The average Bonchev–Trinajstić information content (AvgIpc) is 2.65. The molecule has 6 nitrogen and oxygen atoms in total. The summed E-state index contributed by atoms with van der Waals surface area (Å²) in [6.45, 7) is 1.83. The molecule has 0 spiro atoms. The Hall–Kier alpha value is -3.19. The van der Waals surface area contributed by atoms with Crippen LogP contribution in [0.5, 0.6) is 5.75 Å². The fraction of sp³-hybridized carbons (Fsp3) is 0.105. The van der Waals surface area contributed by atoms with Gasteiger partial charge in [0, 0.05) is 29.2 Å². The number of benzene rings is 2. The number of carbonyl (C=O) groups excluding carboxylic acids is 1. The van der Waals surface area contributed by atoms with Crippen LogP contribution in [0.2, 0.25) is 5.02 Å². The molecule has 138 valence electrons. The van der Waals surface area contributed by atoms with Crippen molar-refractivity contribution in [3.8, 4) is 5.75 Å². The summed E-state index contributed by atoms with van der Waals surface area (Å²) in [5.74, 6) is -0.0724. The molecule has 0 aliphatic rings. The van der Waals surface area contributed by atoms with E-state index in [2.05, 4.69) is 20.6 Å². The molecule has 2 aromatic carbocycles. The van der Waals surface area contributed by atoms with Crippen LogP contribution in [-0.2, 0) is 0 Å². The number of hydrogen-bond acceptors (Lipinski definition) is 5. The minimum atomic E-state index is -0.396. The Morgan fingerprint density at radius 1 is 1.19 bits per heavy atom. The van der Waals surface area contributed by atoms with Crippen molar-refractivity contribution in [2.45, 2.75) is 6.92 Å². The summed E-state index contributed by atoms with van der Waals surface area (Å²) in [6, 6.07) is 9.27. The lowest BCUT2D eigenvalue weighted by Gasteiger charge is -2.12. The molecule has 0 radical (unpaired) electrons. The summed E-state index contributed by atoms with van der Waals surface area (Å²) in [7, 11) is 1.49. The average molecular weight is 387 g/mol. The minimum absolute atomic E-state index is 0.247. The summed E-state index contributed by atoms with van der Waals surface area (Å²) in [6.07, 6.45) is 2.75. The van der Waals surface area contributed by atoms with Crippen molar-refractivity contribution >= 4 is 34.8 Å². The molecule has 3 aromatic rings. The number of methoxy groups -OCH3 is 1. The molecule has 1 aromatic heterocycles. The number of rotatable bonds is 5. The zero-order valence-corrected chi connectivity index (χ0v) is 15.3. The van der Waals surface area contributed by atoms with Gasteiger partial charge in [0.1, 0.15) is 11.6 Å². The number of aryl methyl sites for hydroxylation is 1. The standard InChI is InChI=1S/C19H16ClFN4O2/c1-11-6-16(17(27-2)8-15(11)20)25-18(26)12-9-22-19(23-10-12)24-14-5-3-4-13(21)7-14/h3-10H,1-2H3,(H,25,26)(H,22,23,24). The Bertz CT molecular complexity index is 980. The van der Waals surface area contributed by atoms with Gasteiger partial charge in [0.15, 0.2) is 0 Å². The zero-order valence-electron chi connectivity index (χ0n) is 14.6. The van der Waals surface area contributed by atoms with E-state index in [4.69, 9.17) is 16.3 Å². The maximum atomic E-state index is 13.2. The number of halogens is 2. The highest BCUT2D eigenvalue weighted by Crippen LogP contribution is 2.31. The molecule has 0 saturated heterocycles. The lowest BCUT2D eigenvalue weighted by atomic mass is 10.2. The molecular weight excluding hydrogens is 371 g/mol. The molecule has 0 atom stereocenters. The largest absolute Gasteiger partial charge is 0.495 e. The summed E-state index contributed by atoms with van der Waals surface area (Å²) >= 11 is 6.07. The van der Waals surface area contributed by atoms with E-state index in [0.29, 0.717) is 22.1 Å². The first-order chi connectivity index (χ1) is 13.0. The second-order valence-corrected chi connectivity index (χ2v) is 6.09. The van der Waals surface area contributed by atoms with Gasteiger partial charge in [0.25, 0.3) is 5.91 Å². The molecule has 0 bridgehead atoms. The smallest absolute Gasteiger partial charge is 0.258 e. The highest BCUT2D eigenvalue weighted by Gasteiger charge is 2.13. The van der Waals surface area contributed by atoms with Gasteiger partial charge in [0.05, 0.1) is 18.4 Å². The first kappa shape index (κ1) is 18.6. The number of nitrogens with zero attached hydrogens (tertiary/aromatic N) is 2. The fourth-order valence-corrected chi connectivity index (χ4v) is 2.48. The van der Waals surface area contributed by atoms with Crippen LogP contribution < -0.4 is 15.4 Å². The molecule has 8 heteroatoms. The van der Waals surface area contributed by atoms with Crippen molar-refractivity contribution in [3.63, 3.8) is 0 Å². The van der Waals surface area contributed by atoms with Gasteiger partial charge < -0.3 is 15.4 Å². The molecule has 0 aliphatic carbocycles. The number of aromatic nitrogens is 2. The Morgan fingerprint density at radius 3 is 2.59 bits per heavy atom. The summed E-state index contributed by atoms with van der Waals surface area (Å²) in [5, 5.41) is 6.16. The third-order valence-electron chi connectivity index (χ3n) is 3.72. The Kier molecular flexibility index (Phi) is 5.52. The van der Waals surface area contributed by atoms with Crippen molar-refractivity contribution in [1.29, 1.82) is 0 Å². The number of amides is 1. The van der Waals surface area contributed by atoms with Crippen LogP contribution in [0.25, 0.3) is 0 Å². The molecule has 0 unspecified atom stereocenters. The van der Waals surface area contributed by atoms with Crippen LogP contribution in [0.3, 0.4) is 0 Å². The fourth-order valence-electron chi connectivity index (χ4n) is 2.33. The molecule has 3 rings (SSSR count). The quantitative estimate of drug-likeness (QED) is 0.671. The SMILES string of the molecule is COc1cc(Cl)c(C)cc1NC(=O)c1cnc(Nc2cccc(F)c2)nc1. The second-order valence-electron chi connectivity index (χ2n) is 5.69. The van der Waals surface area contributed by atoms with Crippen LogP contribution in [0.4, 0.5) is 21.7 Å². The second kappa shape index (κ2) is 8.01. The van der Waals surface area contributed by atoms with Crippen molar-refractivity contribution in [2.75, 3.05) is 17.7 Å². The van der Waals surface area contributed by atoms with Gasteiger partial charge in [0.2, 0.25) is 5.95 Å². The molecule has 0 aliphatic heterocycles. The van der Waals surface area contributed by atoms with Gasteiger partial charge in [-0.1, -0.05) is 17.7 Å². The highest BCUT2D eigenvalue weighted by atomic mass is 35.5. The predicted octanol–water partition coefficient (Wildman–Crippen LogP) is 4.58. The maximum absolute atomic E-state index is 13.2. The van der Waals surface area contributed by atoms with Crippen LogP contribution in [0.15, 0.2) is 48.8 Å². The molecule has 2 N–H and O–H groups in total. The molecule has 0 saturated carbocycles. The third-order valence-corrected chi connectivity index (χ3v) is 4.13. The molecule has 1 amide bonds. The van der Waals surface area contributed by atoms with E-state index in [0.717, 1.165) is 5.56 Å². The minimum Gasteiger partial charge on any atom is -0.495 e. The first-order valence-electron chi connectivity index (χ1n) is 7.96. The van der Waals surface area contributed by atoms with Crippen molar-refractivity contribution < 1.29 is 13.9 Å². The van der Waals surface area contributed by atoms with Gasteiger partial charge in [-0.3, -0.25) is 4.79 Å². The van der Waals surface area contributed by atoms with Crippen LogP contribution in [0, 0.1) is 12.7 Å². The lowest BCUT2D eigenvalue weighted by molar-refractivity contribution is 0.102. The van der Waals surface area contributed by atoms with Gasteiger partial charge >= 0.3 is 0 Å². The normalized spacial score (nSPS) is 10.4. The topological polar surface area (TPSA) is 76.1 Å². The van der Waals surface area contributed by atoms with E-state index in [1.807, 2.05) is 6.92 Å². The van der Waals surface area contributed by atoms with Gasteiger partial charge in [-0.15, -0.1) is 0 Å². The molecule has 27 heavy (non-hydrogen) atoms. The summed E-state index contributed by atoms with van der Waals surface area (Å²) in [5.41, 5.74) is 2.06. The van der Waals surface area contributed by atoms with Crippen molar-refractivity contribution in [2.24, 2.45) is 0 Å². The number of nitrogens with one attached hydrogen (secondary N) is 2. The molecular formula is C19H16ClFN4O2. The lowest BCUT2D eigenvalue weighted by Crippen LogP contribution is -2.14. The van der Waals surface area contributed by atoms with E-state index in [1.54, 1.807) is 24.3 Å². The number of ether oxygens (including phenoxy) is 1. The number of anilines is 3. The maximum Gasteiger partial charge on any atom is 0.258 e. The van der Waals surface area contributed by atoms with E-state index in [-0.39, 0.29) is 17.3 Å². The van der Waals surface area contributed by atoms with Gasteiger partial charge in [-0.25, -0.2) is 14.4 Å². The van der Waals surface area contributed by atoms with Crippen molar-refractivity contribution in [3.05, 3.63) is 70.8 Å². The van der Waals surface area contributed by atoms with E-state index in [9.17, 15) is 9.18 Å². The van der Waals surface area contributed by atoms with Crippen LogP contribution in [0.1, 0.15) is 15.9 Å². The Morgan fingerprint density at radius 2 is 1.93 bits per heavy atom. The highest BCUT2D eigenvalue weighted by molar-refractivity contribution is 6.31. The Labute approximate surface area is 160 Å². The predicted molar refractivity (Wildman–Crippen MR) is 102 cm³/mol. The van der Waals surface area contributed by atoms with E-state index >= 15 is 0 Å². The van der Waals surface area contributed by atoms with E-state index in [1.165, 1.54) is 31.6 Å². The monoisotopic (exact) mass is 386 g/mol. The molecule has 0 fully saturated rings. The van der Waals surface area contributed by atoms with Crippen LogP contribution in [-0.4, -0.2) is 23.0 Å². The third kappa shape index (κ3) is 4.51. The number of carbonyl (C=O) groups is 1. The zero-order chi connectivity index (χ0) is 19.4.